The molecule has 27 heavy (non-hydrogen) atoms. The molecule has 2 aromatic heterocycles. The van der Waals surface area contributed by atoms with Crippen molar-refractivity contribution < 1.29 is 9.59 Å². The first kappa shape index (κ1) is 18.1. The highest BCUT2D eigenvalue weighted by atomic mass is 16.2. The van der Waals surface area contributed by atoms with Crippen molar-refractivity contribution in [2.45, 2.75) is 6.04 Å². The van der Waals surface area contributed by atoms with Crippen LogP contribution < -0.4 is 16.0 Å². The van der Waals surface area contributed by atoms with E-state index in [0.717, 1.165) is 16.5 Å². The first-order valence-corrected chi connectivity index (χ1v) is 8.37. The van der Waals surface area contributed by atoms with E-state index in [0.29, 0.717) is 5.82 Å². The van der Waals surface area contributed by atoms with Gasteiger partial charge >= 0.3 is 6.03 Å². The maximum atomic E-state index is 12.4. The first-order valence-electron chi connectivity index (χ1n) is 8.37. The maximum Gasteiger partial charge on any atom is 0.320 e. The lowest BCUT2D eigenvalue weighted by Gasteiger charge is -2.19. The van der Waals surface area contributed by atoms with Crippen molar-refractivity contribution in [1.82, 2.24) is 25.4 Å². The van der Waals surface area contributed by atoms with Crippen molar-refractivity contribution in [2.75, 3.05) is 11.9 Å². The summed E-state index contributed by atoms with van der Waals surface area (Å²) in [5.41, 5.74) is 1.74. The molecule has 0 fully saturated rings. The van der Waals surface area contributed by atoms with Gasteiger partial charge in [0.1, 0.15) is 5.82 Å². The molecule has 0 saturated heterocycles. The highest BCUT2D eigenvalue weighted by Gasteiger charge is 2.16. The Balaban J connectivity index is 1.70. The van der Waals surface area contributed by atoms with Gasteiger partial charge in [0.2, 0.25) is 5.91 Å². The number of hydrogen-bond acceptors (Lipinski definition) is 4. The zero-order valence-electron chi connectivity index (χ0n) is 14.8. The number of nitrogens with zero attached hydrogens (tertiary/aromatic N) is 3. The van der Waals surface area contributed by atoms with E-state index in [1.807, 2.05) is 37.4 Å². The third kappa shape index (κ3) is 4.49. The average molecular weight is 364 g/mol. The van der Waals surface area contributed by atoms with Crippen LogP contribution in [0.3, 0.4) is 0 Å². The number of nitrogens with one attached hydrogen (secondary N) is 3. The number of carbonyl (C=O) groups is 2. The summed E-state index contributed by atoms with van der Waals surface area (Å²) in [7, 11) is 1.83. The molecule has 0 aliphatic heterocycles. The summed E-state index contributed by atoms with van der Waals surface area (Å²) in [6, 6.07) is 10.3. The van der Waals surface area contributed by atoms with Gasteiger partial charge in [-0.05, 0) is 17.7 Å². The summed E-state index contributed by atoms with van der Waals surface area (Å²) < 4.78 is 1.71. The van der Waals surface area contributed by atoms with Crippen LogP contribution in [0.5, 0.6) is 0 Å². The summed E-state index contributed by atoms with van der Waals surface area (Å²) in [5.74, 6) is 0.108. The van der Waals surface area contributed by atoms with E-state index in [1.165, 1.54) is 6.08 Å². The second kappa shape index (κ2) is 8.13. The van der Waals surface area contributed by atoms with E-state index in [1.54, 1.807) is 23.1 Å². The molecule has 0 radical (unpaired) electrons. The van der Waals surface area contributed by atoms with E-state index < -0.39 is 12.1 Å². The number of aryl methyl sites for hydroxylation is 1. The number of anilines is 1. The maximum absolute atomic E-state index is 12.4. The van der Waals surface area contributed by atoms with Crippen LogP contribution in [0.25, 0.3) is 10.9 Å². The van der Waals surface area contributed by atoms with Gasteiger partial charge in [0.05, 0.1) is 24.0 Å². The zero-order chi connectivity index (χ0) is 19.2. The number of aromatic nitrogens is 3. The van der Waals surface area contributed by atoms with Crippen LogP contribution in [0.2, 0.25) is 0 Å². The van der Waals surface area contributed by atoms with Gasteiger partial charge in [0.15, 0.2) is 0 Å². The number of carbonyl (C=O) groups excluding carboxylic acids is 2. The normalized spacial score (nSPS) is 11.6. The van der Waals surface area contributed by atoms with E-state index >= 15 is 0 Å². The van der Waals surface area contributed by atoms with Crippen molar-refractivity contribution in [1.29, 1.82) is 0 Å². The minimum atomic E-state index is -0.424. The van der Waals surface area contributed by atoms with Gasteiger partial charge in [0, 0.05) is 19.0 Å². The van der Waals surface area contributed by atoms with Crippen molar-refractivity contribution in [3.8, 4) is 0 Å². The predicted molar refractivity (Wildman–Crippen MR) is 103 cm³/mol. The average Bonchev–Trinajstić information content (AvgIpc) is 3.05. The molecule has 1 aromatic carbocycles. The van der Waals surface area contributed by atoms with Crippen LogP contribution in [0, 0.1) is 0 Å². The van der Waals surface area contributed by atoms with Gasteiger partial charge in [-0.1, -0.05) is 36.9 Å². The molecule has 3 amide bonds. The minimum Gasteiger partial charge on any atom is -0.350 e. The van der Waals surface area contributed by atoms with Gasteiger partial charge in [-0.3, -0.25) is 14.8 Å². The first-order chi connectivity index (χ1) is 13.1. The summed E-state index contributed by atoms with van der Waals surface area (Å²) in [6.07, 6.45) is 4.55. The molecule has 2 heterocycles. The molecular weight excluding hydrogens is 344 g/mol. The van der Waals surface area contributed by atoms with Gasteiger partial charge in [0.25, 0.3) is 0 Å². The summed E-state index contributed by atoms with van der Waals surface area (Å²) in [6.45, 7) is 3.66. The van der Waals surface area contributed by atoms with Crippen LogP contribution in [-0.4, -0.2) is 33.2 Å². The minimum absolute atomic E-state index is 0.233. The van der Waals surface area contributed by atoms with Crippen LogP contribution in [-0.2, 0) is 11.8 Å². The van der Waals surface area contributed by atoms with E-state index in [2.05, 4.69) is 32.6 Å². The van der Waals surface area contributed by atoms with Crippen LogP contribution >= 0.6 is 0 Å². The Morgan fingerprint density at radius 1 is 1.26 bits per heavy atom. The van der Waals surface area contributed by atoms with Crippen LogP contribution in [0.1, 0.15) is 11.6 Å². The quantitative estimate of drug-likeness (QED) is 0.583. The number of rotatable bonds is 6. The fourth-order valence-corrected chi connectivity index (χ4v) is 2.64. The van der Waals surface area contributed by atoms with Gasteiger partial charge < -0.3 is 10.6 Å². The number of amides is 3. The lowest BCUT2D eigenvalue weighted by Crippen LogP contribution is -2.39. The molecule has 0 spiro atoms. The van der Waals surface area contributed by atoms with Crippen LogP contribution in [0.4, 0.5) is 10.6 Å². The highest BCUT2D eigenvalue weighted by molar-refractivity contribution is 5.91. The largest absolute Gasteiger partial charge is 0.350 e. The van der Waals surface area contributed by atoms with E-state index in [9.17, 15) is 9.59 Å². The number of hydrogen-bond donors (Lipinski definition) is 3. The smallest absolute Gasteiger partial charge is 0.320 e. The Morgan fingerprint density at radius 2 is 2.04 bits per heavy atom. The van der Waals surface area contributed by atoms with E-state index in [4.69, 9.17) is 0 Å². The molecule has 0 saturated carbocycles. The molecule has 0 aliphatic rings. The molecular formula is C19H20N6O2. The monoisotopic (exact) mass is 364 g/mol. The number of fused-ring (bicyclic) bond motifs is 1. The molecule has 0 aliphatic carbocycles. The SMILES string of the molecule is C=CC(=O)NC[C@@H](NC(=O)Nc1cc2cnn(C)c2cn1)c1ccccc1. The Labute approximate surface area is 156 Å². The lowest BCUT2D eigenvalue weighted by molar-refractivity contribution is -0.116. The molecule has 3 N–H and O–H groups in total. The van der Waals surface area contributed by atoms with Crippen molar-refractivity contribution in [3.05, 3.63) is 67.0 Å². The summed E-state index contributed by atoms with van der Waals surface area (Å²) in [5, 5.41) is 13.3. The molecule has 0 bridgehead atoms. The third-order valence-electron chi connectivity index (χ3n) is 4.05. The molecule has 8 heteroatoms. The second-order valence-electron chi connectivity index (χ2n) is 5.91. The van der Waals surface area contributed by atoms with Gasteiger partial charge in [-0.25, -0.2) is 9.78 Å². The zero-order valence-corrected chi connectivity index (χ0v) is 14.8. The molecule has 3 aromatic rings. The third-order valence-corrected chi connectivity index (χ3v) is 4.05. The van der Waals surface area contributed by atoms with Gasteiger partial charge in [-0.2, -0.15) is 5.10 Å². The molecule has 0 unspecified atom stereocenters. The fourth-order valence-electron chi connectivity index (χ4n) is 2.64. The number of urea groups is 1. The topological polar surface area (TPSA) is 101 Å². The second-order valence-corrected chi connectivity index (χ2v) is 5.91. The molecule has 8 nitrogen and oxygen atoms in total. The number of pyridine rings is 1. The van der Waals surface area contributed by atoms with Crippen molar-refractivity contribution in [2.24, 2.45) is 7.05 Å². The molecule has 3 rings (SSSR count). The number of benzene rings is 1. The van der Waals surface area contributed by atoms with Crippen molar-refractivity contribution in [3.63, 3.8) is 0 Å². The van der Waals surface area contributed by atoms with Crippen LogP contribution in [0.15, 0.2) is 61.4 Å². The molecule has 138 valence electrons. The Bertz CT molecular complexity index is 967. The lowest BCUT2D eigenvalue weighted by atomic mass is 10.1. The predicted octanol–water partition coefficient (Wildman–Crippen LogP) is 2.13. The fraction of sp³-hybridized carbons (Fsp3) is 0.158. The van der Waals surface area contributed by atoms with Crippen molar-refractivity contribution >= 4 is 28.7 Å². The standard InChI is InChI=1S/C19H20N6O2/c1-3-18(26)21-11-15(13-7-5-4-6-8-13)23-19(27)24-17-9-14-10-22-25(2)16(14)12-20-17/h3-10,12,15H,1,11H2,2H3,(H,21,26)(H2,20,23,24,27)/t15-/m1/s1. The van der Waals surface area contributed by atoms with Gasteiger partial charge in [-0.15, -0.1) is 0 Å². The highest BCUT2D eigenvalue weighted by Crippen LogP contribution is 2.16. The summed E-state index contributed by atoms with van der Waals surface area (Å²) >= 11 is 0. The Kier molecular flexibility index (Phi) is 5.46. The van der Waals surface area contributed by atoms with E-state index in [-0.39, 0.29) is 12.5 Å². The molecule has 1 atom stereocenters. The summed E-state index contributed by atoms with van der Waals surface area (Å²) in [4.78, 5) is 28.1. The Morgan fingerprint density at radius 3 is 2.78 bits per heavy atom. The Hall–Kier alpha value is -3.68.